The third-order valence-electron chi connectivity index (χ3n) is 4.91. The van der Waals surface area contributed by atoms with Crippen LogP contribution in [0.15, 0.2) is 36.1 Å². The lowest BCUT2D eigenvalue weighted by atomic mass is 9.81. The highest BCUT2D eigenvalue weighted by atomic mass is 16.6. The standard InChI is InChI=1S/C18H15NO10/c1-18(24)12-11(10(16(22)27-2)7-28-17(12)23)13(20)14(18)29-15(21)8-3-5-9(6-4-8)19(25)26/h3-7,11-12,14,24H,1-2H3/t11-,12-,14+,18-/m1/s1. The van der Waals surface area contributed by atoms with Gasteiger partial charge in [-0.15, -0.1) is 0 Å². The Hall–Kier alpha value is -3.60. The summed E-state index contributed by atoms with van der Waals surface area (Å²) < 4.78 is 14.5. The van der Waals surface area contributed by atoms with Gasteiger partial charge in [-0.3, -0.25) is 19.7 Å². The van der Waals surface area contributed by atoms with E-state index in [-0.39, 0.29) is 16.8 Å². The molecule has 1 aliphatic carbocycles. The summed E-state index contributed by atoms with van der Waals surface area (Å²) >= 11 is 0. The number of carbonyl (C=O) groups is 4. The summed E-state index contributed by atoms with van der Waals surface area (Å²) in [6.07, 6.45) is -0.997. The molecule has 1 aliphatic heterocycles. The lowest BCUT2D eigenvalue weighted by Gasteiger charge is -2.30. The highest BCUT2D eigenvalue weighted by Gasteiger charge is 2.65. The number of carbonyl (C=O) groups excluding carboxylic acids is 4. The van der Waals surface area contributed by atoms with E-state index in [2.05, 4.69) is 4.74 Å². The maximum atomic E-state index is 12.9. The zero-order chi connectivity index (χ0) is 21.5. The molecule has 4 atom stereocenters. The number of methoxy groups -OCH3 is 1. The molecule has 1 saturated carbocycles. The van der Waals surface area contributed by atoms with Gasteiger partial charge >= 0.3 is 17.9 Å². The van der Waals surface area contributed by atoms with Crippen LogP contribution in [-0.4, -0.2) is 52.5 Å². The van der Waals surface area contributed by atoms with E-state index < -0.39 is 52.2 Å². The van der Waals surface area contributed by atoms with Crippen LogP contribution in [0, 0.1) is 22.0 Å². The Balaban J connectivity index is 1.90. The number of hydrogen-bond donors (Lipinski definition) is 1. The highest BCUT2D eigenvalue weighted by Crippen LogP contribution is 2.46. The highest BCUT2D eigenvalue weighted by molar-refractivity contribution is 6.07. The fraction of sp³-hybridized carbons (Fsp3) is 0.333. The molecule has 152 valence electrons. The number of nitro groups is 1. The molecule has 3 rings (SSSR count). The van der Waals surface area contributed by atoms with E-state index in [1.54, 1.807) is 0 Å². The molecular formula is C18H15NO10. The van der Waals surface area contributed by atoms with Gasteiger partial charge in [0.2, 0.25) is 0 Å². The summed E-state index contributed by atoms with van der Waals surface area (Å²) in [5, 5.41) is 21.5. The SMILES string of the molecule is COC(=O)C1=COC(=O)[C@H]2[C@@H]1C(=O)[C@H](OC(=O)c1ccc([N+](=O)[O-])cc1)[C@]2(C)O. The first-order chi connectivity index (χ1) is 13.6. The van der Waals surface area contributed by atoms with Crippen molar-refractivity contribution in [2.45, 2.75) is 18.6 Å². The normalized spacial score (nSPS) is 28.1. The van der Waals surface area contributed by atoms with E-state index in [0.29, 0.717) is 0 Å². The number of nitrogens with zero attached hydrogens (tertiary/aromatic N) is 1. The second-order valence-corrected chi connectivity index (χ2v) is 6.67. The molecule has 0 spiro atoms. The van der Waals surface area contributed by atoms with Crippen LogP contribution in [0.2, 0.25) is 0 Å². The van der Waals surface area contributed by atoms with Crippen LogP contribution in [0.5, 0.6) is 0 Å². The van der Waals surface area contributed by atoms with Gasteiger partial charge in [0, 0.05) is 12.1 Å². The van der Waals surface area contributed by atoms with E-state index in [1.807, 2.05) is 0 Å². The largest absolute Gasteiger partial charge is 0.466 e. The molecule has 29 heavy (non-hydrogen) atoms. The Labute approximate surface area is 163 Å². The number of aliphatic hydroxyl groups is 1. The van der Waals surface area contributed by atoms with Gasteiger partial charge in [-0.05, 0) is 19.1 Å². The quantitative estimate of drug-likeness (QED) is 0.319. The average Bonchev–Trinajstić information content (AvgIpc) is 2.89. The average molecular weight is 405 g/mol. The van der Waals surface area contributed by atoms with E-state index in [9.17, 15) is 34.4 Å². The number of rotatable bonds is 4. The van der Waals surface area contributed by atoms with Crippen molar-refractivity contribution in [3.8, 4) is 0 Å². The van der Waals surface area contributed by atoms with Gasteiger partial charge in [-0.1, -0.05) is 0 Å². The van der Waals surface area contributed by atoms with Crippen LogP contribution in [0.4, 0.5) is 5.69 Å². The second kappa shape index (κ2) is 7.09. The molecule has 11 heteroatoms. The molecule has 1 heterocycles. The minimum Gasteiger partial charge on any atom is -0.466 e. The van der Waals surface area contributed by atoms with E-state index in [1.165, 1.54) is 0 Å². The molecule has 0 aromatic heterocycles. The smallest absolute Gasteiger partial charge is 0.338 e. The Kier molecular flexibility index (Phi) is 4.93. The predicted octanol–water partition coefficient (Wildman–Crippen LogP) is 0.300. The fourth-order valence-electron chi connectivity index (χ4n) is 3.46. The van der Waals surface area contributed by atoms with Crippen LogP contribution in [0.1, 0.15) is 17.3 Å². The number of cyclic esters (lactones) is 1. The number of fused-ring (bicyclic) bond motifs is 1. The van der Waals surface area contributed by atoms with Gasteiger partial charge in [-0.25, -0.2) is 9.59 Å². The number of ketones is 1. The molecular weight excluding hydrogens is 390 g/mol. The second-order valence-electron chi connectivity index (χ2n) is 6.67. The number of hydrogen-bond acceptors (Lipinski definition) is 10. The summed E-state index contributed by atoms with van der Waals surface area (Å²) in [7, 11) is 1.07. The number of nitro benzene ring substituents is 1. The van der Waals surface area contributed by atoms with Gasteiger partial charge in [0.15, 0.2) is 11.9 Å². The predicted molar refractivity (Wildman–Crippen MR) is 91.1 cm³/mol. The van der Waals surface area contributed by atoms with Crippen molar-refractivity contribution < 1.29 is 43.4 Å². The van der Waals surface area contributed by atoms with Crippen LogP contribution >= 0.6 is 0 Å². The number of ether oxygens (including phenoxy) is 3. The lowest BCUT2D eigenvalue weighted by molar-refractivity contribution is -0.384. The zero-order valence-corrected chi connectivity index (χ0v) is 15.2. The molecule has 2 aliphatic rings. The van der Waals surface area contributed by atoms with Crippen molar-refractivity contribution in [1.29, 1.82) is 0 Å². The van der Waals surface area contributed by atoms with Gasteiger partial charge < -0.3 is 19.3 Å². The van der Waals surface area contributed by atoms with Gasteiger partial charge in [0.1, 0.15) is 17.8 Å². The third kappa shape index (κ3) is 3.25. The summed E-state index contributed by atoms with van der Waals surface area (Å²) in [5.74, 6) is -6.70. The number of benzene rings is 1. The van der Waals surface area contributed by atoms with Crippen molar-refractivity contribution >= 4 is 29.4 Å². The van der Waals surface area contributed by atoms with E-state index in [4.69, 9.17) is 9.47 Å². The number of esters is 3. The maximum Gasteiger partial charge on any atom is 0.338 e. The first kappa shape index (κ1) is 20.1. The third-order valence-corrected chi connectivity index (χ3v) is 4.91. The van der Waals surface area contributed by atoms with Gasteiger partial charge in [0.05, 0.1) is 29.1 Å². The monoisotopic (exact) mass is 405 g/mol. The summed E-state index contributed by atoms with van der Waals surface area (Å²) in [6.45, 7) is 1.12. The Bertz CT molecular complexity index is 946. The van der Waals surface area contributed by atoms with Crippen LogP contribution in [0.3, 0.4) is 0 Å². The summed E-state index contributed by atoms with van der Waals surface area (Å²) in [6, 6.07) is 4.38. The molecule has 1 N–H and O–H groups in total. The Morgan fingerprint density at radius 3 is 2.38 bits per heavy atom. The maximum absolute atomic E-state index is 12.9. The summed E-state index contributed by atoms with van der Waals surface area (Å²) in [4.78, 5) is 59.4. The van der Waals surface area contributed by atoms with Crippen LogP contribution in [-0.2, 0) is 28.6 Å². The van der Waals surface area contributed by atoms with Crippen molar-refractivity contribution in [3.63, 3.8) is 0 Å². The van der Waals surface area contributed by atoms with Crippen molar-refractivity contribution in [2.24, 2.45) is 11.8 Å². The van der Waals surface area contributed by atoms with Crippen molar-refractivity contribution in [3.05, 3.63) is 51.8 Å². The molecule has 0 saturated heterocycles. The van der Waals surface area contributed by atoms with Crippen LogP contribution in [0.25, 0.3) is 0 Å². The molecule has 1 fully saturated rings. The minimum absolute atomic E-state index is 0.111. The van der Waals surface area contributed by atoms with Crippen molar-refractivity contribution in [1.82, 2.24) is 0 Å². The first-order valence-electron chi connectivity index (χ1n) is 8.30. The Morgan fingerprint density at radius 2 is 1.83 bits per heavy atom. The Morgan fingerprint density at radius 1 is 1.21 bits per heavy atom. The first-order valence-corrected chi connectivity index (χ1v) is 8.30. The molecule has 0 amide bonds. The zero-order valence-electron chi connectivity index (χ0n) is 15.2. The summed E-state index contributed by atoms with van der Waals surface area (Å²) in [5.41, 5.74) is -2.81. The molecule has 0 bridgehead atoms. The van der Waals surface area contributed by atoms with E-state index in [0.717, 1.165) is 44.6 Å². The fourth-order valence-corrected chi connectivity index (χ4v) is 3.46. The molecule has 0 unspecified atom stereocenters. The van der Waals surface area contributed by atoms with Gasteiger partial charge in [-0.2, -0.15) is 0 Å². The molecule has 0 radical (unpaired) electrons. The van der Waals surface area contributed by atoms with Crippen LogP contribution < -0.4 is 0 Å². The molecule has 1 aromatic rings. The van der Waals surface area contributed by atoms with Gasteiger partial charge in [0.25, 0.3) is 5.69 Å². The number of non-ortho nitro benzene ring substituents is 1. The lowest BCUT2D eigenvalue weighted by Crippen LogP contribution is -2.48. The van der Waals surface area contributed by atoms with E-state index >= 15 is 0 Å². The van der Waals surface area contributed by atoms with Crippen molar-refractivity contribution in [2.75, 3.05) is 7.11 Å². The molecule has 1 aromatic carbocycles. The minimum atomic E-state index is -2.16. The molecule has 11 nitrogen and oxygen atoms in total. The topological polar surface area (TPSA) is 159 Å². The number of Topliss-reactive ketones (excluding diaryl/α,β-unsaturated/α-hetero) is 1.